The van der Waals surface area contributed by atoms with Crippen molar-refractivity contribution in [1.29, 1.82) is 0 Å². The molecule has 3 atom stereocenters. The number of amides is 1. The summed E-state index contributed by atoms with van der Waals surface area (Å²) < 4.78 is 5.33. The topological polar surface area (TPSA) is 61.5 Å². The molecule has 1 N–H and O–H groups in total. The zero-order valence-corrected chi connectivity index (χ0v) is 17.5. The molecule has 3 aromatic rings. The summed E-state index contributed by atoms with van der Waals surface area (Å²) in [5.74, 6) is 2.08. The van der Waals surface area contributed by atoms with Crippen molar-refractivity contribution in [2.24, 2.45) is 11.8 Å². The Labute approximate surface area is 176 Å². The van der Waals surface area contributed by atoms with Crippen molar-refractivity contribution in [1.82, 2.24) is 20.0 Å². The number of nitrogens with zero attached hydrogens (tertiary/aromatic N) is 3. The second-order valence-corrected chi connectivity index (χ2v) is 8.53. The highest BCUT2D eigenvalue weighted by Gasteiger charge is 2.48. The Morgan fingerprint density at radius 3 is 2.77 bits per heavy atom. The third kappa shape index (κ3) is 3.35. The second-order valence-electron chi connectivity index (χ2n) is 8.53. The van der Waals surface area contributed by atoms with Gasteiger partial charge in [0.2, 0.25) is 5.91 Å². The fraction of sp³-hybridized carbons (Fsp3) is 0.417. The predicted molar refractivity (Wildman–Crippen MR) is 116 cm³/mol. The lowest BCUT2D eigenvalue weighted by Gasteiger charge is -2.30. The maximum atomic E-state index is 12.7. The summed E-state index contributed by atoms with van der Waals surface area (Å²) in [7, 11) is 1.68. The van der Waals surface area contributed by atoms with Crippen LogP contribution in [-0.4, -0.2) is 52.6 Å². The van der Waals surface area contributed by atoms with E-state index in [1.807, 2.05) is 25.3 Å². The fourth-order valence-corrected chi connectivity index (χ4v) is 5.30. The first kappa shape index (κ1) is 19.1. The van der Waals surface area contributed by atoms with Crippen LogP contribution in [0.2, 0.25) is 0 Å². The van der Waals surface area contributed by atoms with Crippen LogP contribution in [0.15, 0.2) is 48.7 Å². The van der Waals surface area contributed by atoms with E-state index in [0.29, 0.717) is 18.3 Å². The minimum atomic E-state index is 0.147. The number of benzene rings is 2. The summed E-state index contributed by atoms with van der Waals surface area (Å²) in [6.07, 6.45) is 2.41. The highest BCUT2D eigenvalue weighted by molar-refractivity contribution is 5.78. The molecule has 0 unspecified atom stereocenters. The van der Waals surface area contributed by atoms with Gasteiger partial charge in [0.15, 0.2) is 0 Å². The van der Waals surface area contributed by atoms with Gasteiger partial charge >= 0.3 is 0 Å². The van der Waals surface area contributed by atoms with Crippen LogP contribution in [0.1, 0.15) is 30.5 Å². The Hall–Kier alpha value is -2.86. The summed E-state index contributed by atoms with van der Waals surface area (Å²) in [5, 5.41) is 8.33. The first-order valence-corrected chi connectivity index (χ1v) is 10.7. The Morgan fingerprint density at radius 1 is 1.17 bits per heavy atom. The van der Waals surface area contributed by atoms with Crippen LogP contribution < -0.4 is 4.74 Å². The maximum Gasteiger partial charge on any atom is 0.222 e. The molecule has 0 bridgehead atoms. The molecule has 1 aromatic heterocycles. The van der Waals surface area contributed by atoms with E-state index in [-0.39, 0.29) is 11.9 Å². The lowest BCUT2D eigenvalue weighted by Crippen LogP contribution is -2.35. The summed E-state index contributed by atoms with van der Waals surface area (Å²) in [6, 6.07) is 14.9. The molecule has 3 heterocycles. The minimum Gasteiger partial charge on any atom is -0.497 e. The highest BCUT2D eigenvalue weighted by Crippen LogP contribution is 2.45. The van der Waals surface area contributed by atoms with Crippen molar-refractivity contribution < 1.29 is 9.53 Å². The van der Waals surface area contributed by atoms with E-state index in [1.54, 1.807) is 7.11 Å². The van der Waals surface area contributed by atoms with Gasteiger partial charge in [0.05, 0.1) is 24.9 Å². The summed E-state index contributed by atoms with van der Waals surface area (Å²) in [5.41, 5.74) is 3.60. The summed E-state index contributed by atoms with van der Waals surface area (Å²) in [6.45, 7) is 5.78. The molecule has 5 rings (SSSR count). The predicted octanol–water partition coefficient (Wildman–Crippen LogP) is 3.61. The fourth-order valence-electron chi connectivity index (χ4n) is 5.30. The van der Waals surface area contributed by atoms with Crippen LogP contribution in [0.25, 0.3) is 10.9 Å². The van der Waals surface area contributed by atoms with Gasteiger partial charge in [-0.3, -0.25) is 14.8 Å². The van der Waals surface area contributed by atoms with E-state index < -0.39 is 0 Å². The van der Waals surface area contributed by atoms with Gasteiger partial charge in [-0.1, -0.05) is 31.2 Å². The van der Waals surface area contributed by atoms with E-state index in [0.717, 1.165) is 42.8 Å². The van der Waals surface area contributed by atoms with E-state index in [2.05, 4.69) is 50.3 Å². The molecule has 0 spiro atoms. The number of aromatic nitrogens is 2. The SMILES string of the molecule is CCC(=O)N1C[C@@H]2CN(Cc3ccc4cn[nH]c4c3)C[C@@H]2[C@@H]1c1ccc(OC)cc1. The van der Waals surface area contributed by atoms with Crippen LogP contribution >= 0.6 is 0 Å². The van der Waals surface area contributed by atoms with Crippen LogP contribution in [0.4, 0.5) is 0 Å². The molecule has 0 aliphatic carbocycles. The molecule has 2 aromatic carbocycles. The number of carbonyl (C=O) groups excluding carboxylic acids is 1. The van der Waals surface area contributed by atoms with E-state index >= 15 is 0 Å². The molecule has 0 saturated carbocycles. The zero-order chi connectivity index (χ0) is 20.7. The third-order valence-electron chi connectivity index (χ3n) is 6.73. The van der Waals surface area contributed by atoms with Gasteiger partial charge in [-0.2, -0.15) is 5.10 Å². The number of nitrogens with one attached hydrogen (secondary N) is 1. The molecule has 2 aliphatic heterocycles. The van der Waals surface area contributed by atoms with Crippen molar-refractivity contribution in [3.8, 4) is 5.75 Å². The quantitative estimate of drug-likeness (QED) is 0.706. The van der Waals surface area contributed by atoms with Gasteiger partial charge in [-0.15, -0.1) is 0 Å². The van der Waals surface area contributed by atoms with Crippen molar-refractivity contribution in [2.75, 3.05) is 26.7 Å². The Balaban J connectivity index is 1.36. The number of methoxy groups -OCH3 is 1. The molecular weight excluding hydrogens is 376 g/mol. The number of carbonyl (C=O) groups is 1. The van der Waals surface area contributed by atoms with Gasteiger partial charge in [0.1, 0.15) is 5.75 Å². The van der Waals surface area contributed by atoms with Gasteiger partial charge in [-0.25, -0.2) is 0 Å². The molecule has 2 saturated heterocycles. The number of rotatable bonds is 5. The number of fused-ring (bicyclic) bond motifs is 2. The Morgan fingerprint density at radius 2 is 2.00 bits per heavy atom. The molecule has 6 nitrogen and oxygen atoms in total. The number of hydrogen-bond donors (Lipinski definition) is 1. The van der Waals surface area contributed by atoms with Crippen LogP contribution in [-0.2, 0) is 11.3 Å². The molecule has 2 fully saturated rings. The monoisotopic (exact) mass is 404 g/mol. The maximum absolute atomic E-state index is 12.7. The lowest BCUT2D eigenvalue weighted by molar-refractivity contribution is -0.132. The van der Waals surface area contributed by atoms with Gasteiger partial charge in [0.25, 0.3) is 0 Å². The molecule has 6 heteroatoms. The van der Waals surface area contributed by atoms with Crippen molar-refractivity contribution in [2.45, 2.75) is 25.9 Å². The zero-order valence-electron chi connectivity index (χ0n) is 17.5. The number of H-pyrrole nitrogens is 1. The molecule has 30 heavy (non-hydrogen) atoms. The van der Waals surface area contributed by atoms with E-state index in [1.165, 1.54) is 11.1 Å². The number of likely N-dealkylation sites (tertiary alicyclic amines) is 2. The van der Waals surface area contributed by atoms with Crippen molar-refractivity contribution in [3.63, 3.8) is 0 Å². The Kier molecular flexibility index (Phi) is 4.95. The van der Waals surface area contributed by atoms with Crippen molar-refractivity contribution in [3.05, 3.63) is 59.8 Å². The standard InChI is InChI=1S/C24H28N4O2/c1-3-23(29)28-14-19-13-27(12-16-4-5-18-11-25-26-22(18)10-16)15-21(19)24(28)17-6-8-20(30-2)9-7-17/h4-11,19,21,24H,3,12-15H2,1-2H3,(H,25,26)/t19-,21-,24-/m0/s1. The van der Waals surface area contributed by atoms with E-state index in [9.17, 15) is 4.79 Å². The van der Waals surface area contributed by atoms with Crippen LogP contribution in [0, 0.1) is 11.8 Å². The Bertz CT molecular complexity index is 1040. The molecule has 1 amide bonds. The number of hydrogen-bond acceptors (Lipinski definition) is 4. The first-order valence-electron chi connectivity index (χ1n) is 10.7. The van der Waals surface area contributed by atoms with Crippen molar-refractivity contribution >= 4 is 16.8 Å². The molecular formula is C24H28N4O2. The minimum absolute atomic E-state index is 0.147. The average molecular weight is 405 g/mol. The van der Waals surface area contributed by atoms with Gasteiger partial charge < -0.3 is 9.64 Å². The lowest BCUT2D eigenvalue weighted by atomic mass is 9.89. The molecule has 0 radical (unpaired) electrons. The summed E-state index contributed by atoms with van der Waals surface area (Å²) >= 11 is 0. The molecule has 156 valence electrons. The number of aromatic amines is 1. The van der Waals surface area contributed by atoms with Crippen LogP contribution in [0.5, 0.6) is 5.75 Å². The largest absolute Gasteiger partial charge is 0.497 e. The average Bonchev–Trinajstić information content (AvgIpc) is 3.47. The van der Waals surface area contributed by atoms with Crippen LogP contribution in [0.3, 0.4) is 0 Å². The third-order valence-corrected chi connectivity index (χ3v) is 6.73. The highest BCUT2D eigenvalue weighted by atomic mass is 16.5. The summed E-state index contributed by atoms with van der Waals surface area (Å²) in [4.78, 5) is 17.4. The normalized spacial score (nSPS) is 23.8. The smallest absolute Gasteiger partial charge is 0.222 e. The van der Waals surface area contributed by atoms with Gasteiger partial charge in [-0.05, 0) is 35.2 Å². The van der Waals surface area contributed by atoms with Gasteiger partial charge in [0, 0.05) is 43.9 Å². The van der Waals surface area contributed by atoms with E-state index in [4.69, 9.17) is 4.74 Å². The first-order chi connectivity index (χ1) is 14.7. The second kappa shape index (κ2) is 7.76. The molecule has 2 aliphatic rings. The number of ether oxygens (including phenoxy) is 1.